The van der Waals surface area contributed by atoms with Gasteiger partial charge in [-0.05, 0) is 26.4 Å². The monoisotopic (exact) mass is 299 g/mol. The maximum absolute atomic E-state index is 11.5. The molecule has 0 aromatic carbocycles. The summed E-state index contributed by atoms with van der Waals surface area (Å²) in [5, 5.41) is 0. The van der Waals surface area contributed by atoms with Crippen LogP contribution in [-0.2, 0) is 20.0 Å². The first-order valence-corrected chi connectivity index (χ1v) is 9.38. The summed E-state index contributed by atoms with van der Waals surface area (Å²) in [5.41, 5.74) is 0. The lowest BCUT2D eigenvalue weighted by molar-refractivity contribution is 0.274. The summed E-state index contributed by atoms with van der Waals surface area (Å²) in [4.78, 5) is 2.02. The van der Waals surface area contributed by atoms with Gasteiger partial charge in [-0.2, -0.15) is 0 Å². The van der Waals surface area contributed by atoms with E-state index in [1.54, 1.807) is 0 Å². The molecule has 0 amide bonds. The van der Waals surface area contributed by atoms with Crippen LogP contribution in [0.2, 0.25) is 0 Å². The molecule has 0 aromatic rings. The predicted molar refractivity (Wildman–Crippen MR) is 70.3 cm³/mol. The summed E-state index contributed by atoms with van der Waals surface area (Å²) in [6, 6.07) is -0.0242. The molecule has 108 valence electrons. The Hall–Kier alpha value is -0.220. The summed E-state index contributed by atoms with van der Waals surface area (Å²) in [6.45, 7) is 1.67. The lowest BCUT2D eigenvalue weighted by Crippen LogP contribution is -2.42. The number of hydrogen-bond acceptors (Lipinski definition) is 5. The van der Waals surface area contributed by atoms with Crippen LogP contribution in [0.15, 0.2) is 0 Å². The molecular formula is C9H21N3O4S2. The molecule has 0 radical (unpaired) electrons. The predicted octanol–water partition coefficient (Wildman–Crippen LogP) is -1.45. The van der Waals surface area contributed by atoms with Crippen molar-refractivity contribution in [2.24, 2.45) is 0 Å². The first-order chi connectivity index (χ1) is 8.23. The van der Waals surface area contributed by atoms with Crippen molar-refractivity contribution in [3.8, 4) is 0 Å². The third-order valence-electron chi connectivity index (χ3n) is 2.99. The van der Waals surface area contributed by atoms with Crippen LogP contribution in [0.1, 0.15) is 12.8 Å². The molecule has 7 nitrogen and oxygen atoms in total. The minimum Gasteiger partial charge on any atom is -0.298 e. The van der Waals surface area contributed by atoms with Gasteiger partial charge >= 0.3 is 0 Å². The molecule has 1 aliphatic rings. The largest absolute Gasteiger partial charge is 0.298 e. The average Bonchev–Trinajstić information content (AvgIpc) is 2.63. The molecule has 0 aromatic heterocycles. The topological polar surface area (TPSA) is 95.6 Å². The average molecular weight is 299 g/mol. The van der Waals surface area contributed by atoms with Gasteiger partial charge in [-0.3, -0.25) is 4.90 Å². The number of nitrogens with zero attached hydrogens (tertiary/aromatic N) is 1. The van der Waals surface area contributed by atoms with Crippen LogP contribution < -0.4 is 9.44 Å². The maximum Gasteiger partial charge on any atom is 0.212 e. The van der Waals surface area contributed by atoms with Crippen molar-refractivity contribution in [2.45, 2.75) is 18.9 Å². The van der Waals surface area contributed by atoms with Gasteiger partial charge in [0.15, 0.2) is 0 Å². The van der Waals surface area contributed by atoms with Crippen molar-refractivity contribution in [2.75, 3.05) is 38.7 Å². The highest BCUT2D eigenvalue weighted by Crippen LogP contribution is 2.17. The molecule has 0 aliphatic carbocycles. The van der Waals surface area contributed by atoms with Gasteiger partial charge in [0.1, 0.15) is 0 Å². The van der Waals surface area contributed by atoms with Crippen LogP contribution in [0.25, 0.3) is 0 Å². The molecule has 1 rings (SSSR count). The van der Waals surface area contributed by atoms with Gasteiger partial charge in [0.25, 0.3) is 0 Å². The molecule has 1 fully saturated rings. The Kier molecular flexibility index (Phi) is 5.53. The molecular weight excluding hydrogens is 278 g/mol. The van der Waals surface area contributed by atoms with Crippen molar-refractivity contribution in [3.05, 3.63) is 0 Å². The minimum absolute atomic E-state index is 0.0242. The van der Waals surface area contributed by atoms with Gasteiger partial charge in [-0.1, -0.05) is 0 Å². The smallest absolute Gasteiger partial charge is 0.212 e. The number of hydrogen-bond donors (Lipinski definition) is 2. The lowest BCUT2D eigenvalue weighted by Gasteiger charge is -2.23. The Morgan fingerprint density at radius 1 is 1.28 bits per heavy atom. The third kappa shape index (κ3) is 5.61. The van der Waals surface area contributed by atoms with E-state index in [1.807, 2.05) is 4.90 Å². The number of rotatable bonds is 7. The number of nitrogens with one attached hydrogen (secondary N) is 2. The fourth-order valence-corrected chi connectivity index (χ4v) is 3.60. The van der Waals surface area contributed by atoms with Gasteiger partial charge in [0, 0.05) is 19.1 Å². The highest BCUT2D eigenvalue weighted by atomic mass is 32.2. The third-order valence-corrected chi connectivity index (χ3v) is 5.16. The minimum atomic E-state index is -3.22. The van der Waals surface area contributed by atoms with Crippen LogP contribution in [0.3, 0.4) is 0 Å². The first-order valence-electron chi connectivity index (χ1n) is 5.83. The van der Waals surface area contributed by atoms with E-state index in [0.717, 1.165) is 25.6 Å². The second-order valence-electron chi connectivity index (χ2n) is 4.48. The van der Waals surface area contributed by atoms with Crippen molar-refractivity contribution in [1.29, 1.82) is 0 Å². The second-order valence-corrected chi connectivity index (χ2v) is 8.29. The molecule has 1 unspecified atom stereocenters. The quantitative estimate of drug-likeness (QED) is 0.599. The summed E-state index contributed by atoms with van der Waals surface area (Å²) in [6.07, 6.45) is 2.89. The molecule has 1 heterocycles. The van der Waals surface area contributed by atoms with Crippen LogP contribution in [0, 0.1) is 0 Å². The van der Waals surface area contributed by atoms with E-state index < -0.39 is 20.0 Å². The molecule has 1 aliphatic heterocycles. The van der Waals surface area contributed by atoms with Crippen LogP contribution in [0.4, 0.5) is 0 Å². The fraction of sp³-hybridized carbons (Fsp3) is 1.00. The molecule has 0 saturated carbocycles. The number of likely N-dealkylation sites (tertiary alicyclic amines) is 1. The normalized spacial score (nSPS) is 22.4. The van der Waals surface area contributed by atoms with E-state index >= 15 is 0 Å². The van der Waals surface area contributed by atoms with Gasteiger partial charge in [0.05, 0.1) is 12.0 Å². The Bertz CT molecular complexity index is 460. The summed E-state index contributed by atoms with van der Waals surface area (Å²) < 4.78 is 49.5. The van der Waals surface area contributed by atoms with Gasteiger partial charge in [0.2, 0.25) is 20.0 Å². The standard InChI is InChI=1S/C9H21N3O4S2/c1-10-18(15,16)8-9-4-3-6-12(9)7-5-11-17(2,13)14/h9-11H,3-8H2,1-2H3. The highest BCUT2D eigenvalue weighted by Gasteiger charge is 2.28. The Balaban J connectivity index is 2.45. The fourth-order valence-electron chi connectivity index (χ4n) is 2.09. The van der Waals surface area contributed by atoms with Crippen molar-refractivity contribution in [1.82, 2.24) is 14.3 Å². The van der Waals surface area contributed by atoms with E-state index in [9.17, 15) is 16.8 Å². The van der Waals surface area contributed by atoms with E-state index in [2.05, 4.69) is 9.44 Å². The van der Waals surface area contributed by atoms with Crippen LogP contribution >= 0.6 is 0 Å². The molecule has 0 bridgehead atoms. The Labute approximate surface area is 109 Å². The van der Waals surface area contributed by atoms with Crippen molar-refractivity contribution in [3.63, 3.8) is 0 Å². The molecule has 2 N–H and O–H groups in total. The molecule has 18 heavy (non-hydrogen) atoms. The van der Waals surface area contributed by atoms with Crippen LogP contribution in [0.5, 0.6) is 0 Å². The van der Waals surface area contributed by atoms with E-state index in [4.69, 9.17) is 0 Å². The highest BCUT2D eigenvalue weighted by molar-refractivity contribution is 7.89. The molecule has 1 saturated heterocycles. The Morgan fingerprint density at radius 3 is 2.50 bits per heavy atom. The lowest BCUT2D eigenvalue weighted by atomic mass is 10.2. The number of sulfonamides is 2. The van der Waals surface area contributed by atoms with Crippen LogP contribution in [-0.4, -0.2) is 66.5 Å². The van der Waals surface area contributed by atoms with E-state index in [1.165, 1.54) is 7.05 Å². The van der Waals surface area contributed by atoms with Gasteiger partial charge in [-0.15, -0.1) is 0 Å². The zero-order valence-electron chi connectivity index (χ0n) is 10.7. The summed E-state index contributed by atoms with van der Waals surface area (Å²) in [5.74, 6) is 0.0718. The molecule has 9 heteroatoms. The zero-order valence-corrected chi connectivity index (χ0v) is 12.3. The zero-order chi connectivity index (χ0) is 13.8. The Morgan fingerprint density at radius 2 is 1.94 bits per heavy atom. The van der Waals surface area contributed by atoms with Gasteiger partial charge in [-0.25, -0.2) is 26.3 Å². The van der Waals surface area contributed by atoms with Crippen molar-refractivity contribution < 1.29 is 16.8 Å². The van der Waals surface area contributed by atoms with E-state index in [-0.39, 0.29) is 11.8 Å². The molecule has 1 atom stereocenters. The second kappa shape index (κ2) is 6.29. The van der Waals surface area contributed by atoms with E-state index in [0.29, 0.717) is 13.1 Å². The van der Waals surface area contributed by atoms with Gasteiger partial charge < -0.3 is 0 Å². The molecule has 0 spiro atoms. The summed E-state index contributed by atoms with van der Waals surface area (Å²) >= 11 is 0. The maximum atomic E-state index is 11.5. The first kappa shape index (κ1) is 15.8. The SMILES string of the molecule is CNS(=O)(=O)CC1CCCN1CCNS(C)(=O)=O. The summed E-state index contributed by atoms with van der Waals surface area (Å²) in [7, 11) is -5.00. The van der Waals surface area contributed by atoms with Crippen molar-refractivity contribution >= 4 is 20.0 Å².